The number of ether oxygens (including phenoxy) is 3. The number of carbonyl (C=O) groups excluding carboxylic acids is 2. The van der Waals surface area contributed by atoms with Crippen molar-refractivity contribution >= 4 is 29.1 Å². The first kappa shape index (κ1) is 25.5. The fraction of sp³-hybridized carbons (Fsp3) is 0.192. The molecule has 0 aliphatic rings. The highest BCUT2D eigenvalue weighted by Gasteiger charge is 2.15. The van der Waals surface area contributed by atoms with Gasteiger partial charge in [-0.1, -0.05) is 49.4 Å². The Hall–Kier alpha value is -4.11. The van der Waals surface area contributed by atoms with Gasteiger partial charge in [-0.05, 0) is 55.0 Å². The molecule has 0 radical (unpaired) electrons. The van der Waals surface area contributed by atoms with E-state index >= 15 is 0 Å². The molecule has 0 bridgehead atoms. The molecule has 182 valence electrons. The monoisotopic (exact) mass is 493 g/mol. The second-order valence-corrected chi connectivity index (χ2v) is 7.62. The van der Waals surface area contributed by atoms with Crippen molar-refractivity contribution in [2.75, 3.05) is 19.8 Å². The minimum absolute atomic E-state index is 0.0717. The van der Waals surface area contributed by atoms with Gasteiger partial charge in [0.2, 0.25) is 0 Å². The summed E-state index contributed by atoms with van der Waals surface area (Å²) in [7, 11) is 0. The number of amides is 2. The number of thiocarbonyl (C=S) groups is 1. The van der Waals surface area contributed by atoms with E-state index in [2.05, 4.69) is 16.2 Å². The van der Waals surface area contributed by atoms with Crippen molar-refractivity contribution in [1.82, 2.24) is 16.2 Å². The lowest BCUT2D eigenvalue weighted by Crippen LogP contribution is -2.48. The van der Waals surface area contributed by atoms with Crippen molar-refractivity contribution in [3.05, 3.63) is 90.0 Å². The zero-order chi connectivity index (χ0) is 24.9. The van der Waals surface area contributed by atoms with Gasteiger partial charge in [-0.3, -0.25) is 25.8 Å². The summed E-state index contributed by atoms with van der Waals surface area (Å²) in [4.78, 5) is 25.3. The number of hydrogen-bond acceptors (Lipinski definition) is 6. The van der Waals surface area contributed by atoms with Gasteiger partial charge >= 0.3 is 0 Å². The number of hydrazine groups is 1. The fourth-order valence-corrected chi connectivity index (χ4v) is 3.13. The van der Waals surface area contributed by atoms with Crippen LogP contribution in [0.5, 0.6) is 17.2 Å². The maximum atomic E-state index is 12.7. The van der Waals surface area contributed by atoms with E-state index in [9.17, 15) is 9.59 Å². The lowest BCUT2D eigenvalue weighted by Gasteiger charge is -2.15. The van der Waals surface area contributed by atoms with E-state index in [0.29, 0.717) is 35.8 Å². The van der Waals surface area contributed by atoms with E-state index < -0.39 is 11.8 Å². The van der Waals surface area contributed by atoms with Gasteiger partial charge in [0, 0.05) is 0 Å². The van der Waals surface area contributed by atoms with Gasteiger partial charge in [0.25, 0.3) is 11.8 Å². The van der Waals surface area contributed by atoms with Crippen LogP contribution in [-0.4, -0.2) is 36.7 Å². The first-order valence-electron chi connectivity index (χ1n) is 11.1. The summed E-state index contributed by atoms with van der Waals surface area (Å²) in [6, 6.07) is 23.0. The molecule has 35 heavy (non-hydrogen) atoms. The van der Waals surface area contributed by atoms with Crippen molar-refractivity contribution in [3.8, 4) is 17.2 Å². The summed E-state index contributed by atoms with van der Waals surface area (Å²) in [5, 5.41) is 2.46. The highest BCUT2D eigenvalue weighted by atomic mass is 32.1. The molecule has 0 saturated heterocycles. The van der Waals surface area contributed by atoms with Gasteiger partial charge in [0.1, 0.15) is 30.5 Å². The average molecular weight is 494 g/mol. The van der Waals surface area contributed by atoms with Crippen molar-refractivity contribution in [2.45, 2.75) is 13.3 Å². The maximum Gasteiger partial charge on any atom is 0.273 e. The summed E-state index contributed by atoms with van der Waals surface area (Å²) in [6.07, 6.45) is 0.815. The number of benzene rings is 3. The van der Waals surface area contributed by atoms with Crippen LogP contribution in [0.2, 0.25) is 0 Å². The molecule has 0 aromatic heterocycles. The Morgan fingerprint density at radius 2 is 1.23 bits per heavy atom. The number of carbonyl (C=O) groups is 2. The summed E-state index contributed by atoms with van der Waals surface area (Å²) < 4.78 is 16.9. The normalized spacial score (nSPS) is 10.1. The van der Waals surface area contributed by atoms with Gasteiger partial charge in [-0.15, -0.1) is 0 Å². The summed E-state index contributed by atoms with van der Waals surface area (Å²) in [6.45, 7) is 3.03. The molecular formula is C26H27N3O5S. The Labute approximate surface area is 209 Å². The molecule has 3 N–H and O–H groups in total. The molecule has 0 fully saturated rings. The number of nitrogens with one attached hydrogen (secondary N) is 3. The predicted octanol–water partition coefficient (Wildman–Crippen LogP) is 3.88. The van der Waals surface area contributed by atoms with Crippen molar-refractivity contribution in [1.29, 1.82) is 0 Å². The number of hydrogen-bond donors (Lipinski definition) is 3. The molecule has 8 nitrogen and oxygen atoms in total. The van der Waals surface area contributed by atoms with Gasteiger partial charge in [0.05, 0.1) is 17.7 Å². The van der Waals surface area contributed by atoms with Gasteiger partial charge in [0.15, 0.2) is 5.11 Å². The zero-order valence-corrected chi connectivity index (χ0v) is 20.1. The first-order chi connectivity index (χ1) is 17.1. The van der Waals surface area contributed by atoms with E-state index in [1.54, 1.807) is 48.5 Å². The number of para-hydroxylation sites is 3. The van der Waals surface area contributed by atoms with Crippen molar-refractivity contribution < 1.29 is 23.8 Å². The zero-order valence-electron chi connectivity index (χ0n) is 19.3. The molecule has 2 amide bonds. The Balaban J connectivity index is 1.50. The van der Waals surface area contributed by atoms with E-state index in [4.69, 9.17) is 26.4 Å². The van der Waals surface area contributed by atoms with Crippen LogP contribution in [0.3, 0.4) is 0 Å². The largest absolute Gasteiger partial charge is 0.493 e. The summed E-state index contributed by atoms with van der Waals surface area (Å²) in [5.41, 5.74) is 5.65. The van der Waals surface area contributed by atoms with E-state index in [-0.39, 0.29) is 11.7 Å². The van der Waals surface area contributed by atoms with E-state index in [0.717, 1.165) is 12.2 Å². The minimum Gasteiger partial charge on any atom is -0.493 e. The third-order valence-electron chi connectivity index (χ3n) is 4.59. The van der Waals surface area contributed by atoms with E-state index in [1.165, 1.54) is 0 Å². The predicted molar refractivity (Wildman–Crippen MR) is 137 cm³/mol. The number of rotatable bonds is 10. The fourth-order valence-electron chi connectivity index (χ4n) is 2.98. The molecule has 0 saturated carbocycles. The molecule has 3 rings (SSSR count). The van der Waals surface area contributed by atoms with Crippen molar-refractivity contribution in [2.24, 2.45) is 0 Å². The summed E-state index contributed by atoms with van der Waals surface area (Å²) in [5.74, 6) is 0.653. The molecule has 0 aliphatic carbocycles. The topological polar surface area (TPSA) is 97.9 Å². The molecular weight excluding hydrogens is 466 g/mol. The van der Waals surface area contributed by atoms with Crippen LogP contribution in [0.4, 0.5) is 0 Å². The second kappa shape index (κ2) is 13.6. The molecule has 0 unspecified atom stereocenters. The second-order valence-electron chi connectivity index (χ2n) is 7.21. The smallest absolute Gasteiger partial charge is 0.273 e. The SMILES string of the molecule is CCCOc1ccccc1C(=O)NNC(=S)NC(=O)c1ccccc1OCCOc1ccccc1. The van der Waals surface area contributed by atoms with Crippen LogP contribution < -0.4 is 30.4 Å². The molecule has 0 atom stereocenters. The van der Waals surface area contributed by atoms with Gasteiger partial charge < -0.3 is 14.2 Å². The molecule has 0 aliphatic heterocycles. The third-order valence-corrected chi connectivity index (χ3v) is 4.80. The van der Waals surface area contributed by atoms with Crippen LogP contribution in [0.25, 0.3) is 0 Å². The lowest BCUT2D eigenvalue weighted by molar-refractivity contribution is 0.0930. The van der Waals surface area contributed by atoms with Crippen LogP contribution in [-0.2, 0) is 0 Å². The quantitative estimate of drug-likeness (QED) is 0.224. The molecule has 0 heterocycles. The Morgan fingerprint density at radius 1 is 0.686 bits per heavy atom. The van der Waals surface area contributed by atoms with Crippen LogP contribution in [0.15, 0.2) is 78.9 Å². The van der Waals surface area contributed by atoms with Gasteiger partial charge in [-0.2, -0.15) is 0 Å². The van der Waals surface area contributed by atoms with Crippen LogP contribution in [0.1, 0.15) is 34.1 Å². The molecule has 0 spiro atoms. The molecule has 3 aromatic rings. The molecule has 3 aromatic carbocycles. The Bertz CT molecular complexity index is 1140. The average Bonchev–Trinajstić information content (AvgIpc) is 2.89. The first-order valence-corrected chi connectivity index (χ1v) is 11.5. The van der Waals surface area contributed by atoms with Gasteiger partial charge in [-0.25, -0.2) is 0 Å². The Kier molecular flexibility index (Phi) is 9.89. The van der Waals surface area contributed by atoms with Crippen LogP contribution >= 0.6 is 12.2 Å². The highest BCUT2D eigenvalue weighted by molar-refractivity contribution is 7.80. The summed E-state index contributed by atoms with van der Waals surface area (Å²) >= 11 is 5.16. The standard InChI is InChI=1S/C26H27N3O5S/c1-2-16-33-23-15-9-7-13-21(23)25(31)28-29-26(35)27-24(30)20-12-6-8-14-22(20)34-18-17-32-19-10-4-3-5-11-19/h3-15H,2,16-18H2,1H3,(H,28,31)(H2,27,29,30,35). The lowest BCUT2D eigenvalue weighted by atomic mass is 10.2. The van der Waals surface area contributed by atoms with E-state index in [1.807, 2.05) is 37.3 Å². The Morgan fingerprint density at radius 3 is 1.89 bits per heavy atom. The molecule has 9 heteroatoms. The minimum atomic E-state index is -0.483. The maximum absolute atomic E-state index is 12.7. The third kappa shape index (κ3) is 8.01. The van der Waals surface area contributed by atoms with Crippen molar-refractivity contribution in [3.63, 3.8) is 0 Å². The van der Waals surface area contributed by atoms with Crippen LogP contribution in [0, 0.1) is 0 Å². The highest BCUT2D eigenvalue weighted by Crippen LogP contribution is 2.19.